The Labute approximate surface area is 123 Å². The molecule has 0 saturated heterocycles. The molecule has 106 valence electrons. The molecule has 0 aliphatic heterocycles. The van der Waals surface area contributed by atoms with Gasteiger partial charge in [0.25, 0.3) is 5.91 Å². The van der Waals surface area contributed by atoms with Gasteiger partial charge in [-0.15, -0.1) is 0 Å². The highest BCUT2D eigenvalue weighted by Crippen LogP contribution is 2.18. The van der Waals surface area contributed by atoms with E-state index in [1.54, 1.807) is 0 Å². The molecule has 1 N–H and O–H groups in total. The quantitative estimate of drug-likeness (QED) is 0.780. The summed E-state index contributed by atoms with van der Waals surface area (Å²) in [6, 6.07) is 11.7. The van der Waals surface area contributed by atoms with Crippen molar-refractivity contribution in [1.29, 1.82) is 0 Å². The van der Waals surface area contributed by atoms with Crippen LogP contribution in [0.5, 0.6) is 0 Å². The number of imidazole rings is 1. The van der Waals surface area contributed by atoms with Crippen molar-refractivity contribution in [3.05, 3.63) is 65.1 Å². The fraction of sp³-hybridized carbons (Fsp3) is 0.176. The average Bonchev–Trinajstić information content (AvgIpc) is 2.76. The van der Waals surface area contributed by atoms with E-state index in [1.165, 1.54) is 0 Å². The van der Waals surface area contributed by atoms with E-state index >= 15 is 0 Å². The van der Waals surface area contributed by atoms with Crippen LogP contribution >= 0.6 is 0 Å². The van der Waals surface area contributed by atoms with Crippen molar-refractivity contribution in [2.45, 2.75) is 20.8 Å². The molecule has 0 fully saturated rings. The number of benzene rings is 1. The van der Waals surface area contributed by atoms with Crippen molar-refractivity contribution in [3.8, 4) is 0 Å². The maximum atomic E-state index is 12.6. The zero-order valence-electron chi connectivity index (χ0n) is 12.3. The van der Waals surface area contributed by atoms with E-state index in [2.05, 4.69) is 10.3 Å². The number of aromatic nitrogens is 2. The molecule has 3 rings (SSSR count). The Kier molecular flexibility index (Phi) is 3.22. The van der Waals surface area contributed by atoms with Crippen LogP contribution in [0, 0.1) is 20.8 Å². The summed E-state index contributed by atoms with van der Waals surface area (Å²) in [6.45, 7) is 5.83. The molecular formula is C17H17N3O. The summed E-state index contributed by atoms with van der Waals surface area (Å²) in [7, 11) is 0. The molecule has 3 aromatic rings. The molecule has 0 aliphatic rings. The zero-order chi connectivity index (χ0) is 15.0. The molecule has 2 heterocycles. The fourth-order valence-corrected chi connectivity index (χ4v) is 2.44. The third-order valence-corrected chi connectivity index (χ3v) is 3.55. The van der Waals surface area contributed by atoms with Gasteiger partial charge in [-0.05, 0) is 44.0 Å². The van der Waals surface area contributed by atoms with Gasteiger partial charge in [0, 0.05) is 11.9 Å². The van der Waals surface area contributed by atoms with Crippen LogP contribution in [0.15, 0.2) is 42.6 Å². The molecule has 4 heteroatoms. The predicted molar refractivity (Wildman–Crippen MR) is 83.8 cm³/mol. The zero-order valence-corrected chi connectivity index (χ0v) is 12.3. The summed E-state index contributed by atoms with van der Waals surface area (Å²) in [5, 5.41) is 2.97. The van der Waals surface area contributed by atoms with Crippen molar-refractivity contribution in [3.63, 3.8) is 0 Å². The van der Waals surface area contributed by atoms with Gasteiger partial charge in [-0.25, -0.2) is 4.98 Å². The number of para-hydroxylation sites is 1. The minimum Gasteiger partial charge on any atom is -0.320 e. The van der Waals surface area contributed by atoms with Crippen LogP contribution in [0.1, 0.15) is 27.3 Å². The number of fused-ring (bicyclic) bond motifs is 1. The standard InChI is InChI=1S/C17H17N3O/c1-11-8-9-15-18-13(3)16(20(15)10-11)17(21)19-14-7-5-4-6-12(14)2/h4-10H,1-3H3,(H,19,21). The average molecular weight is 279 g/mol. The molecule has 21 heavy (non-hydrogen) atoms. The lowest BCUT2D eigenvalue weighted by Crippen LogP contribution is -2.16. The molecule has 4 nitrogen and oxygen atoms in total. The largest absolute Gasteiger partial charge is 0.320 e. The Morgan fingerprint density at radius 1 is 1.10 bits per heavy atom. The van der Waals surface area contributed by atoms with Gasteiger partial charge in [0.05, 0.1) is 5.69 Å². The minimum atomic E-state index is -0.139. The van der Waals surface area contributed by atoms with E-state index in [4.69, 9.17) is 0 Å². The lowest BCUT2D eigenvalue weighted by Gasteiger charge is -2.08. The van der Waals surface area contributed by atoms with Gasteiger partial charge in [-0.3, -0.25) is 9.20 Å². The number of nitrogens with zero attached hydrogens (tertiary/aromatic N) is 2. The number of hydrogen-bond acceptors (Lipinski definition) is 2. The number of carbonyl (C=O) groups is 1. The van der Waals surface area contributed by atoms with Crippen LogP contribution in [0.3, 0.4) is 0 Å². The monoisotopic (exact) mass is 279 g/mol. The Hall–Kier alpha value is -2.62. The number of hydrogen-bond donors (Lipinski definition) is 1. The second-order valence-corrected chi connectivity index (χ2v) is 5.25. The Bertz CT molecular complexity index is 833. The number of aryl methyl sites for hydroxylation is 3. The van der Waals surface area contributed by atoms with Gasteiger partial charge < -0.3 is 5.32 Å². The van der Waals surface area contributed by atoms with Crippen molar-refractivity contribution < 1.29 is 4.79 Å². The third kappa shape index (κ3) is 2.40. The third-order valence-electron chi connectivity index (χ3n) is 3.55. The second kappa shape index (κ2) is 5.05. The molecule has 1 amide bonds. The number of amides is 1. The molecule has 1 aromatic carbocycles. The van der Waals surface area contributed by atoms with Crippen LogP contribution in [-0.4, -0.2) is 15.3 Å². The van der Waals surface area contributed by atoms with Crippen LogP contribution < -0.4 is 5.32 Å². The number of carbonyl (C=O) groups excluding carboxylic acids is 1. The summed E-state index contributed by atoms with van der Waals surface area (Å²) in [5.74, 6) is -0.139. The number of rotatable bonds is 2. The Morgan fingerprint density at radius 2 is 1.86 bits per heavy atom. The maximum Gasteiger partial charge on any atom is 0.274 e. The van der Waals surface area contributed by atoms with E-state index in [-0.39, 0.29) is 5.91 Å². The van der Waals surface area contributed by atoms with Crippen molar-refractivity contribution >= 4 is 17.2 Å². The molecule has 2 aromatic heterocycles. The SMILES string of the molecule is Cc1ccc2nc(C)c(C(=O)Nc3ccccc3C)n2c1. The lowest BCUT2D eigenvalue weighted by atomic mass is 10.2. The van der Waals surface area contributed by atoms with Gasteiger partial charge in [0.2, 0.25) is 0 Å². The number of nitrogens with one attached hydrogen (secondary N) is 1. The lowest BCUT2D eigenvalue weighted by molar-refractivity contribution is 0.102. The normalized spacial score (nSPS) is 10.8. The summed E-state index contributed by atoms with van der Waals surface area (Å²) in [4.78, 5) is 17.0. The van der Waals surface area contributed by atoms with E-state index < -0.39 is 0 Å². The Morgan fingerprint density at radius 3 is 2.62 bits per heavy atom. The van der Waals surface area contributed by atoms with Crippen LogP contribution in [0.25, 0.3) is 5.65 Å². The molecule has 0 radical (unpaired) electrons. The smallest absolute Gasteiger partial charge is 0.274 e. The van der Waals surface area contributed by atoms with Crippen molar-refractivity contribution in [2.75, 3.05) is 5.32 Å². The van der Waals surface area contributed by atoms with E-state index in [9.17, 15) is 4.79 Å². The molecule has 0 unspecified atom stereocenters. The maximum absolute atomic E-state index is 12.6. The first-order chi connectivity index (χ1) is 10.1. The highest BCUT2D eigenvalue weighted by Gasteiger charge is 2.17. The van der Waals surface area contributed by atoms with Gasteiger partial charge in [-0.1, -0.05) is 24.3 Å². The molecular weight excluding hydrogens is 262 g/mol. The topological polar surface area (TPSA) is 46.4 Å². The minimum absolute atomic E-state index is 0.139. The van der Waals surface area contributed by atoms with Crippen LogP contribution in [-0.2, 0) is 0 Å². The van der Waals surface area contributed by atoms with Crippen LogP contribution in [0.4, 0.5) is 5.69 Å². The highest BCUT2D eigenvalue weighted by molar-refractivity contribution is 6.04. The molecule has 0 atom stereocenters. The van der Waals surface area contributed by atoms with E-state index in [1.807, 2.05) is 67.8 Å². The first-order valence-electron chi connectivity index (χ1n) is 6.88. The van der Waals surface area contributed by atoms with Crippen LogP contribution in [0.2, 0.25) is 0 Å². The first-order valence-corrected chi connectivity index (χ1v) is 6.88. The molecule has 0 bridgehead atoms. The molecule has 0 aliphatic carbocycles. The fourth-order valence-electron chi connectivity index (χ4n) is 2.44. The van der Waals surface area contributed by atoms with Crippen molar-refractivity contribution in [1.82, 2.24) is 9.38 Å². The summed E-state index contributed by atoms with van der Waals surface area (Å²) < 4.78 is 1.85. The first kappa shape index (κ1) is 13.4. The number of pyridine rings is 1. The second-order valence-electron chi connectivity index (χ2n) is 5.25. The number of anilines is 1. The van der Waals surface area contributed by atoms with Gasteiger partial charge in [-0.2, -0.15) is 0 Å². The Balaban J connectivity index is 2.04. The molecule has 0 saturated carbocycles. The van der Waals surface area contributed by atoms with Gasteiger partial charge >= 0.3 is 0 Å². The van der Waals surface area contributed by atoms with E-state index in [0.29, 0.717) is 5.69 Å². The van der Waals surface area contributed by atoms with Gasteiger partial charge in [0.15, 0.2) is 0 Å². The predicted octanol–water partition coefficient (Wildman–Crippen LogP) is 3.51. The summed E-state index contributed by atoms with van der Waals surface area (Å²) in [6.07, 6.45) is 1.93. The van der Waals surface area contributed by atoms with Crippen molar-refractivity contribution in [2.24, 2.45) is 0 Å². The summed E-state index contributed by atoms with van der Waals surface area (Å²) in [5.41, 5.74) is 5.04. The van der Waals surface area contributed by atoms with E-state index in [0.717, 1.165) is 28.2 Å². The highest BCUT2D eigenvalue weighted by atomic mass is 16.2. The molecule has 0 spiro atoms. The van der Waals surface area contributed by atoms with Gasteiger partial charge in [0.1, 0.15) is 11.3 Å². The summed E-state index contributed by atoms with van der Waals surface area (Å²) >= 11 is 0.